The summed E-state index contributed by atoms with van der Waals surface area (Å²) in [5.41, 5.74) is 7.48. The van der Waals surface area contributed by atoms with E-state index in [4.69, 9.17) is 0 Å². The number of hydrogen-bond acceptors (Lipinski definition) is 0. The molecule has 0 aromatic heterocycles. The molecule has 1 aromatic carbocycles. The van der Waals surface area contributed by atoms with E-state index >= 15 is 0 Å². The van der Waals surface area contributed by atoms with E-state index in [-0.39, 0.29) is 14.9 Å². The van der Waals surface area contributed by atoms with E-state index in [0.717, 1.165) is 0 Å². The van der Waals surface area contributed by atoms with Crippen molar-refractivity contribution in [2.24, 2.45) is 5.41 Å². The fourth-order valence-electron chi connectivity index (χ4n) is 3.59. The summed E-state index contributed by atoms with van der Waals surface area (Å²) in [7, 11) is 0. The molecule has 0 atom stereocenters. The van der Waals surface area contributed by atoms with E-state index in [1.165, 1.54) is 66.4 Å². The Kier molecular flexibility index (Phi) is 22.8. The molecule has 1 aromatic rings. The van der Waals surface area contributed by atoms with Crippen LogP contribution in [0.15, 0.2) is 24.3 Å². The molecule has 0 heteroatoms. The minimum atomic E-state index is 0. The molecular formula is C27H54. The van der Waals surface area contributed by atoms with Crippen molar-refractivity contribution >= 4 is 0 Å². The van der Waals surface area contributed by atoms with Crippen molar-refractivity contribution in [3.05, 3.63) is 46.5 Å². The van der Waals surface area contributed by atoms with Crippen LogP contribution in [0.5, 0.6) is 0 Å². The third-order valence-corrected chi connectivity index (χ3v) is 5.10. The second-order valence-corrected chi connectivity index (χ2v) is 7.51. The van der Waals surface area contributed by atoms with E-state index in [1.807, 2.05) is 13.8 Å². The molecular weight excluding hydrogens is 324 g/mol. The molecule has 0 saturated carbocycles. The highest BCUT2D eigenvalue weighted by molar-refractivity contribution is 5.35. The topological polar surface area (TPSA) is 0 Å². The predicted molar refractivity (Wildman–Crippen MR) is 132 cm³/mol. The largest absolute Gasteiger partial charge is 0.100 e. The highest BCUT2D eigenvalue weighted by atomic mass is 14.3. The molecule has 1 rings (SSSR count). The van der Waals surface area contributed by atoms with Gasteiger partial charge in [0.2, 0.25) is 0 Å². The molecule has 0 bridgehead atoms. The van der Waals surface area contributed by atoms with Gasteiger partial charge in [0.1, 0.15) is 0 Å². The summed E-state index contributed by atoms with van der Waals surface area (Å²) in [6, 6.07) is 4.48. The van der Waals surface area contributed by atoms with Crippen LogP contribution in [0.2, 0.25) is 0 Å². The summed E-state index contributed by atoms with van der Waals surface area (Å²) >= 11 is 0. The standard InChI is InChI=1S/C13H26.C10H14.C2H6.2CH4/c1-6-9-13(8-3,10-7-2)11-12(4)5;1-7-5-9(3)10(4)6-8(7)2;1-2;;/h4,6-11H2,1-3,5H3;5-6H,1-4H3;1-2H3;2*1H4. The third kappa shape index (κ3) is 13.7. The zero-order chi connectivity index (χ0) is 20.0. The lowest BCUT2D eigenvalue weighted by Gasteiger charge is -2.32. The van der Waals surface area contributed by atoms with Crippen molar-refractivity contribution in [2.45, 2.75) is 123 Å². The number of allylic oxidation sites excluding steroid dienone is 1. The number of benzene rings is 1. The molecule has 27 heavy (non-hydrogen) atoms. The van der Waals surface area contributed by atoms with Crippen molar-refractivity contribution in [1.29, 1.82) is 0 Å². The van der Waals surface area contributed by atoms with Gasteiger partial charge in [-0.05, 0) is 81.5 Å². The third-order valence-electron chi connectivity index (χ3n) is 5.10. The lowest BCUT2D eigenvalue weighted by molar-refractivity contribution is 0.221. The van der Waals surface area contributed by atoms with Gasteiger partial charge in [-0.25, -0.2) is 0 Å². The Morgan fingerprint density at radius 2 is 1.07 bits per heavy atom. The molecule has 0 fully saturated rings. The Morgan fingerprint density at radius 3 is 1.26 bits per heavy atom. The molecule has 0 unspecified atom stereocenters. The van der Waals surface area contributed by atoms with Crippen LogP contribution in [0.3, 0.4) is 0 Å². The quantitative estimate of drug-likeness (QED) is 0.414. The van der Waals surface area contributed by atoms with Crippen molar-refractivity contribution < 1.29 is 0 Å². The van der Waals surface area contributed by atoms with Crippen LogP contribution in [0, 0.1) is 33.1 Å². The lowest BCUT2D eigenvalue weighted by Crippen LogP contribution is -2.19. The van der Waals surface area contributed by atoms with Crippen molar-refractivity contribution in [1.82, 2.24) is 0 Å². The maximum atomic E-state index is 4.05. The SMILES string of the molecule is C.C.C=C(C)CC(CC)(CCC)CCC.CC.Cc1cc(C)c(C)cc1C. The molecule has 0 heterocycles. The zero-order valence-electron chi connectivity index (χ0n) is 19.1. The summed E-state index contributed by atoms with van der Waals surface area (Å²) < 4.78 is 0. The minimum absolute atomic E-state index is 0. The summed E-state index contributed by atoms with van der Waals surface area (Å²) in [4.78, 5) is 0. The summed E-state index contributed by atoms with van der Waals surface area (Å²) in [5.74, 6) is 0. The van der Waals surface area contributed by atoms with Gasteiger partial charge in [-0.1, -0.05) is 86.4 Å². The van der Waals surface area contributed by atoms with Crippen molar-refractivity contribution in [2.75, 3.05) is 0 Å². The number of rotatable bonds is 7. The molecule has 0 saturated heterocycles. The monoisotopic (exact) mass is 378 g/mol. The van der Waals surface area contributed by atoms with Gasteiger partial charge < -0.3 is 0 Å². The van der Waals surface area contributed by atoms with Crippen LogP contribution >= 0.6 is 0 Å². The van der Waals surface area contributed by atoms with Crippen molar-refractivity contribution in [3.63, 3.8) is 0 Å². The van der Waals surface area contributed by atoms with E-state index in [0.29, 0.717) is 5.41 Å². The molecule has 0 aliphatic carbocycles. The van der Waals surface area contributed by atoms with Gasteiger partial charge in [-0.2, -0.15) is 0 Å². The molecule has 0 nitrogen and oxygen atoms in total. The van der Waals surface area contributed by atoms with Gasteiger partial charge in [0, 0.05) is 0 Å². The summed E-state index contributed by atoms with van der Waals surface area (Å²) in [5, 5.41) is 0. The van der Waals surface area contributed by atoms with Crippen LogP contribution in [0.4, 0.5) is 0 Å². The molecule has 162 valence electrons. The second kappa shape index (κ2) is 18.3. The van der Waals surface area contributed by atoms with E-state index in [1.54, 1.807) is 0 Å². The average Bonchev–Trinajstić information content (AvgIpc) is 2.55. The van der Waals surface area contributed by atoms with E-state index in [2.05, 4.69) is 74.1 Å². The zero-order valence-corrected chi connectivity index (χ0v) is 19.1. The minimum Gasteiger partial charge on any atom is -0.100 e. The van der Waals surface area contributed by atoms with Gasteiger partial charge in [0.05, 0.1) is 0 Å². The predicted octanol–water partition coefficient (Wildman–Crippen LogP) is 10.2. The maximum Gasteiger partial charge on any atom is -0.0263 e. The van der Waals surface area contributed by atoms with Crippen LogP contribution in [-0.2, 0) is 0 Å². The maximum absolute atomic E-state index is 4.05. The number of aryl methyl sites for hydroxylation is 4. The van der Waals surface area contributed by atoms with E-state index in [9.17, 15) is 0 Å². The van der Waals surface area contributed by atoms with Gasteiger partial charge >= 0.3 is 0 Å². The normalized spacial score (nSPS) is 9.56. The van der Waals surface area contributed by atoms with Crippen LogP contribution in [0.25, 0.3) is 0 Å². The highest BCUT2D eigenvalue weighted by Crippen LogP contribution is 2.39. The molecule has 0 aliphatic rings. The Bertz CT molecular complexity index is 423. The molecule has 0 amide bonds. The fraction of sp³-hybridized carbons (Fsp3) is 0.704. The first-order valence-corrected chi connectivity index (χ1v) is 10.4. The van der Waals surface area contributed by atoms with Crippen LogP contribution in [0.1, 0.15) is 117 Å². The molecule has 0 radical (unpaired) electrons. The van der Waals surface area contributed by atoms with Gasteiger partial charge in [0.15, 0.2) is 0 Å². The van der Waals surface area contributed by atoms with E-state index < -0.39 is 0 Å². The van der Waals surface area contributed by atoms with Gasteiger partial charge in [-0.3, -0.25) is 0 Å². The average molecular weight is 379 g/mol. The lowest BCUT2D eigenvalue weighted by atomic mass is 9.73. The second-order valence-electron chi connectivity index (χ2n) is 7.51. The first-order chi connectivity index (χ1) is 11.7. The first-order valence-electron chi connectivity index (χ1n) is 10.4. The molecule has 0 spiro atoms. The van der Waals surface area contributed by atoms with Gasteiger partial charge in [-0.15, -0.1) is 6.58 Å². The highest BCUT2D eigenvalue weighted by Gasteiger charge is 2.25. The Hall–Kier alpha value is -1.04. The fourth-order valence-corrected chi connectivity index (χ4v) is 3.59. The first kappa shape index (κ1) is 33.5. The van der Waals surface area contributed by atoms with Gasteiger partial charge in [0.25, 0.3) is 0 Å². The Labute approximate surface area is 174 Å². The van der Waals surface area contributed by atoms with Crippen molar-refractivity contribution in [3.8, 4) is 0 Å². The summed E-state index contributed by atoms with van der Waals surface area (Å²) in [6.07, 6.45) is 7.88. The summed E-state index contributed by atoms with van der Waals surface area (Å²) in [6.45, 7) is 25.7. The molecule has 0 aliphatic heterocycles. The van der Waals surface area contributed by atoms with Crippen LogP contribution < -0.4 is 0 Å². The Balaban J connectivity index is -0.000000171. The number of hydrogen-bond donors (Lipinski definition) is 0. The smallest absolute Gasteiger partial charge is 0.0263 e. The van der Waals surface area contributed by atoms with Crippen LogP contribution in [-0.4, -0.2) is 0 Å². The Morgan fingerprint density at radius 1 is 0.778 bits per heavy atom. The molecule has 0 N–H and O–H groups in total.